The highest BCUT2D eigenvalue weighted by molar-refractivity contribution is 6.30. The number of hydrogen-bond donors (Lipinski definition) is 1. The monoisotopic (exact) mass is 316 g/mol. The molecular weight excluding hydrogens is 303 g/mol. The number of hydrogen-bond acceptors (Lipinski definition) is 3. The van der Waals surface area contributed by atoms with Crippen LogP contribution in [0, 0.1) is 5.82 Å². The minimum absolute atomic E-state index is 0.264. The summed E-state index contributed by atoms with van der Waals surface area (Å²) in [4.78, 5) is 0. The molecule has 0 unspecified atom stereocenters. The lowest BCUT2D eigenvalue weighted by molar-refractivity contribution is 0.622. The van der Waals surface area contributed by atoms with E-state index in [2.05, 4.69) is 10.3 Å². The molecule has 1 aromatic heterocycles. The van der Waals surface area contributed by atoms with Gasteiger partial charge in [0, 0.05) is 17.1 Å². The summed E-state index contributed by atoms with van der Waals surface area (Å²) in [6, 6.07) is 13.8. The lowest BCUT2D eigenvalue weighted by Crippen LogP contribution is -2.06. The Hall–Kier alpha value is -2.24. The third kappa shape index (κ3) is 3.00. The molecule has 0 spiro atoms. The zero-order valence-electron chi connectivity index (χ0n) is 11.7. The quantitative estimate of drug-likeness (QED) is 0.804. The predicted molar refractivity (Wildman–Crippen MR) is 83.9 cm³/mol. The molecule has 112 valence electrons. The number of nitrogens with zero attached hydrogens (tertiary/aromatic N) is 3. The lowest BCUT2D eigenvalue weighted by Gasteiger charge is -2.08. The molecule has 22 heavy (non-hydrogen) atoms. The van der Waals surface area contributed by atoms with Crippen molar-refractivity contribution >= 4 is 11.6 Å². The van der Waals surface area contributed by atoms with Crippen LogP contribution in [0.25, 0.3) is 11.3 Å². The van der Waals surface area contributed by atoms with Crippen LogP contribution in [0.15, 0.2) is 48.5 Å². The number of benzene rings is 2. The van der Waals surface area contributed by atoms with Crippen molar-refractivity contribution in [3.8, 4) is 11.3 Å². The van der Waals surface area contributed by atoms with Gasteiger partial charge in [-0.3, -0.25) is 0 Å². The van der Waals surface area contributed by atoms with Crippen LogP contribution >= 0.6 is 11.6 Å². The van der Waals surface area contributed by atoms with Crippen molar-refractivity contribution in [2.75, 3.05) is 0 Å². The second-order valence-corrected chi connectivity index (χ2v) is 5.32. The first-order valence-electron chi connectivity index (χ1n) is 6.80. The van der Waals surface area contributed by atoms with E-state index in [1.54, 1.807) is 22.9 Å². The van der Waals surface area contributed by atoms with Crippen molar-refractivity contribution in [2.45, 2.75) is 13.1 Å². The molecule has 0 radical (unpaired) electrons. The SMILES string of the molecule is NCc1nnn(Cc2ccc(F)cc2)c1-c1cccc(Cl)c1. The van der Waals surface area contributed by atoms with Crippen LogP contribution in [0.5, 0.6) is 0 Å². The first-order chi connectivity index (χ1) is 10.7. The van der Waals surface area contributed by atoms with E-state index in [4.69, 9.17) is 17.3 Å². The molecule has 0 amide bonds. The average Bonchev–Trinajstić information content (AvgIpc) is 2.92. The highest BCUT2D eigenvalue weighted by Gasteiger charge is 2.14. The number of aromatic nitrogens is 3. The van der Waals surface area contributed by atoms with Gasteiger partial charge in [0.1, 0.15) is 11.5 Å². The molecule has 1 heterocycles. The van der Waals surface area contributed by atoms with Crippen molar-refractivity contribution in [1.29, 1.82) is 0 Å². The van der Waals surface area contributed by atoms with Crippen molar-refractivity contribution in [1.82, 2.24) is 15.0 Å². The molecular formula is C16H14ClFN4. The van der Waals surface area contributed by atoms with E-state index in [0.29, 0.717) is 17.3 Å². The summed E-state index contributed by atoms with van der Waals surface area (Å²) < 4.78 is 14.8. The molecule has 0 saturated carbocycles. The molecule has 0 bridgehead atoms. The van der Waals surface area contributed by atoms with Crippen LogP contribution in [0.4, 0.5) is 4.39 Å². The summed E-state index contributed by atoms with van der Waals surface area (Å²) in [5.74, 6) is -0.264. The first kappa shape index (κ1) is 14.7. The van der Waals surface area contributed by atoms with Gasteiger partial charge < -0.3 is 5.73 Å². The van der Waals surface area contributed by atoms with Crippen molar-refractivity contribution in [3.63, 3.8) is 0 Å². The average molecular weight is 317 g/mol. The van der Waals surface area contributed by atoms with Gasteiger partial charge in [0.15, 0.2) is 0 Å². The lowest BCUT2D eigenvalue weighted by atomic mass is 10.1. The summed E-state index contributed by atoms with van der Waals surface area (Å²) >= 11 is 6.06. The molecule has 6 heteroatoms. The second kappa shape index (κ2) is 6.25. The maximum absolute atomic E-state index is 13.0. The van der Waals surface area contributed by atoms with Crippen LogP contribution < -0.4 is 5.73 Å². The van der Waals surface area contributed by atoms with Gasteiger partial charge in [-0.1, -0.05) is 41.1 Å². The van der Waals surface area contributed by atoms with E-state index in [1.165, 1.54) is 12.1 Å². The third-order valence-corrected chi connectivity index (χ3v) is 3.58. The van der Waals surface area contributed by atoms with E-state index in [0.717, 1.165) is 16.8 Å². The van der Waals surface area contributed by atoms with E-state index in [-0.39, 0.29) is 12.4 Å². The molecule has 0 aliphatic heterocycles. The standard InChI is InChI=1S/C16H14ClFN4/c17-13-3-1-2-12(8-13)16-15(9-19)20-21-22(16)10-11-4-6-14(18)7-5-11/h1-8H,9-10,19H2. The van der Waals surface area contributed by atoms with Gasteiger partial charge in [-0.15, -0.1) is 5.10 Å². The summed E-state index contributed by atoms with van der Waals surface area (Å²) in [5.41, 5.74) is 9.11. The Balaban J connectivity index is 2.02. The number of rotatable bonds is 4. The summed E-state index contributed by atoms with van der Waals surface area (Å²) in [6.07, 6.45) is 0. The largest absolute Gasteiger partial charge is 0.325 e. The van der Waals surface area contributed by atoms with Crippen LogP contribution in [0.1, 0.15) is 11.3 Å². The topological polar surface area (TPSA) is 56.7 Å². The van der Waals surface area contributed by atoms with Crippen molar-refractivity contribution in [2.24, 2.45) is 5.73 Å². The molecule has 2 N–H and O–H groups in total. The molecule has 3 aromatic rings. The Bertz CT molecular complexity index is 783. The number of halogens is 2. The van der Waals surface area contributed by atoms with Gasteiger partial charge in [0.2, 0.25) is 0 Å². The first-order valence-corrected chi connectivity index (χ1v) is 7.18. The molecule has 0 atom stereocenters. The van der Waals surface area contributed by atoms with Gasteiger partial charge in [-0.25, -0.2) is 9.07 Å². The van der Waals surface area contributed by atoms with Crippen molar-refractivity contribution in [3.05, 3.63) is 70.6 Å². The second-order valence-electron chi connectivity index (χ2n) is 4.88. The normalized spacial score (nSPS) is 10.9. The molecule has 0 saturated heterocycles. The summed E-state index contributed by atoms with van der Waals surface area (Å²) in [5, 5.41) is 8.92. The van der Waals surface area contributed by atoms with Gasteiger partial charge in [-0.2, -0.15) is 0 Å². The van der Waals surface area contributed by atoms with Crippen LogP contribution in [-0.4, -0.2) is 15.0 Å². The number of nitrogens with two attached hydrogens (primary N) is 1. The molecule has 0 fully saturated rings. The molecule has 2 aromatic carbocycles. The fourth-order valence-corrected chi connectivity index (χ4v) is 2.50. The Labute approximate surface area is 132 Å². The van der Waals surface area contributed by atoms with Gasteiger partial charge in [-0.05, 0) is 29.8 Å². The minimum atomic E-state index is -0.264. The van der Waals surface area contributed by atoms with Crippen molar-refractivity contribution < 1.29 is 4.39 Å². The molecule has 0 aliphatic carbocycles. The predicted octanol–water partition coefficient (Wildman–Crippen LogP) is 3.24. The van der Waals surface area contributed by atoms with Crippen LogP contribution in [-0.2, 0) is 13.1 Å². The summed E-state index contributed by atoms with van der Waals surface area (Å²) in [6.45, 7) is 0.764. The highest BCUT2D eigenvalue weighted by atomic mass is 35.5. The third-order valence-electron chi connectivity index (χ3n) is 3.34. The zero-order chi connectivity index (χ0) is 15.5. The highest BCUT2D eigenvalue weighted by Crippen LogP contribution is 2.25. The Morgan fingerprint density at radius 1 is 1.14 bits per heavy atom. The Morgan fingerprint density at radius 2 is 1.91 bits per heavy atom. The smallest absolute Gasteiger partial charge is 0.123 e. The van der Waals surface area contributed by atoms with E-state index in [1.807, 2.05) is 18.2 Å². The molecule has 0 aliphatic rings. The van der Waals surface area contributed by atoms with E-state index >= 15 is 0 Å². The van der Waals surface area contributed by atoms with Gasteiger partial charge in [0.25, 0.3) is 0 Å². The van der Waals surface area contributed by atoms with Gasteiger partial charge in [0.05, 0.1) is 12.2 Å². The van der Waals surface area contributed by atoms with Gasteiger partial charge >= 0.3 is 0 Å². The zero-order valence-corrected chi connectivity index (χ0v) is 12.5. The Kier molecular flexibility index (Phi) is 4.18. The van der Waals surface area contributed by atoms with E-state index in [9.17, 15) is 4.39 Å². The maximum atomic E-state index is 13.0. The molecule has 4 nitrogen and oxygen atoms in total. The van der Waals surface area contributed by atoms with E-state index < -0.39 is 0 Å². The summed E-state index contributed by atoms with van der Waals surface area (Å²) in [7, 11) is 0. The molecule has 3 rings (SSSR count). The van der Waals surface area contributed by atoms with Crippen LogP contribution in [0.3, 0.4) is 0 Å². The Morgan fingerprint density at radius 3 is 2.59 bits per heavy atom. The fourth-order valence-electron chi connectivity index (χ4n) is 2.31. The van der Waals surface area contributed by atoms with Crippen LogP contribution in [0.2, 0.25) is 5.02 Å². The minimum Gasteiger partial charge on any atom is -0.325 e. The fraction of sp³-hybridized carbons (Fsp3) is 0.125. The maximum Gasteiger partial charge on any atom is 0.123 e.